The lowest BCUT2D eigenvalue weighted by Gasteiger charge is -2.18. The molecule has 0 saturated carbocycles. The van der Waals surface area contributed by atoms with Crippen molar-refractivity contribution in [3.05, 3.63) is 312 Å². The average molecular weight is 1480 g/mol. The fraction of sp³-hybridized carbons (Fsp3) is 0.200. The Bertz CT molecular complexity index is 7170. The maximum atomic E-state index is 6.39. The molecule has 113 heavy (non-hydrogen) atoms. The quantitative estimate of drug-likeness (QED) is 0.142. The van der Waals surface area contributed by atoms with Crippen LogP contribution in [-0.4, -0.2) is 0 Å². The lowest BCUT2D eigenvalue weighted by Crippen LogP contribution is -2.31. The molecule has 12 aromatic carbocycles. The van der Waals surface area contributed by atoms with Gasteiger partial charge in [-0.1, -0.05) is 170 Å². The zero-order valence-electron chi connectivity index (χ0n) is 67.9. The van der Waals surface area contributed by atoms with Crippen molar-refractivity contribution in [2.75, 3.05) is 0 Å². The summed E-state index contributed by atoms with van der Waals surface area (Å²) in [6, 6.07) is 86.9. The van der Waals surface area contributed by atoms with E-state index in [-0.39, 0.29) is 5.41 Å². The number of hydrogen-bond donors (Lipinski definition) is 0. The average Bonchev–Trinajstić information content (AvgIpc) is 1.62. The number of rotatable bonds is 8. The van der Waals surface area contributed by atoms with Gasteiger partial charge in [0.15, 0.2) is 24.8 Å². The van der Waals surface area contributed by atoms with Crippen LogP contribution in [0.15, 0.2) is 285 Å². The highest BCUT2D eigenvalue weighted by Crippen LogP contribution is 2.44. The second-order valence-electron chi connectivity index (χ2n) is 33.2. The summed E-state index contributed by atoms with van der Waals surface area (Å²) in [4.78, 5) is 0. The van der Waals surface area contributed by atoms with E-state index in [2.05, 4.69) is 397 Å². The Kier molecular flexibility index (Phi) is 19.0. The van der Waals surface area contributed by atoms with E-state index in [4.69, 9.17) is 17.7 Å². The van der Waals surface area contributed by atoms with Crippen LogP contribution in [0.5, 0.6) is 0 Å². The third kappa shape index (κ3) is 13.5. The van der Waals surface area contributed by atoms with Gasteiger partial charge in [0.05, 0.1) is 22.3 Å². The first kappa shape index (κ1) is 73.3. The third-order valence-corrected chi connectivity index (χ3v) is 23.2. The second kappa shape index (κ2) is 29.3. The predicted molar refractivity (Wildman–Crippen MR) is 471 cm³/mol. The number of pyridine rings is 4. The first-order valence-corrected chi connectivity index (χ1v) is 39.8. The molecule has 0 aliphatic carbocycles. The third-order valence-electron chi connectivity index (χ3n) is 23.2. The number of benzene rings is 12. The van der Waals surface area contributed by atoms with Crippen LogP contribution in [0.1, 0.15) is 98.9 Å². The molecular weight excluding hydrogens is 1380 g/mol. The Labute approximate surface area is 661 Å². The molecule has 558 valence electrons. The fourth-order valence-corrected chi connectivity index (χ4v) is 17.3. The summed E-state index contributed by atoms with van der Waals surface area (Å²) < 4.78 is 34.2. The first-order chi connectivity index (χ1) is 54.5. The molecule has 0 bridgehead atoms. The maximum absolute atomic E-state index is 6.39. The van der Waals surface area contributed by atoms with Gasteiger partial charge < -0.3 is 17.7 Å². The molecule has 8 nitrogen and oxygen atoms in total. The molecule has 8 aromatic heterocycles. The van der Waals surface area contributed by atoms with Crippen LogP contribution in [0.2, 0.25) is 0 Å². The van der Waals surface area contributed by atoms with Gasteiger partial charge in [-0.2, -0.15) is 0 Å². The van der Waals surface area contributed by atoms with Crippen molar-refractivity contribution in [3.63, 3.8) is 0 Å². The fourth-order valence-electron chi connectivity index (χ4n) is 17.3. The molecule has 0 spiro atoms. The Morgan fingerprint density at radius 3 is 0.938 bits per heavy atom. The van der Waals surface area contributed by atoms with Crippen molar-refractivity contribution in [2.45, 2.75) is 102 Å². The van der Waals surface area contributed by atoms with Crippen LogP contribution < -0.4 is 18.3 Å². The number of aromatic nitrogens is 4. The van der Waals surface area contributed by atoms with Gasteiger partial charge in [-0.05, 0) is 203 Å². The van der Waals surface area contributed by atoms with Gasteiger partial charge in [0.1, 0.15) is 72.9 Å². The smallest absolute Gasteiger partial charge is 0.212 e. The Balaban J connectivity index is 0.000000109. The molecule has 0 aliphatic heterocycles. The zero-order valence-corrected chi connectivity index (χ0v) is 67.9. The van der Waals surface area contributed by atoms with Crippen LogP contribution in [0.25, 0.3) is 176 Å². The monoisotopic (exact) mass is 1480 g/mol. The Hall–Kier alpha value is -12.5. The molecule has 0 amide bonds. The van der Waals surface area contributed by atoms with Crippen LogP contribution in [0, 0.1) is 46.0 Å². The molecule has 0 fully saturated rings. The summed E-state index contributed by atoms with van der Waals surface area (Å²) in [7, 11) is 8.43. The maximum Gasteiger partial charge on any atom is 0.212 e. The molecule has 0 unspecified atom stereocenters. The number of hydrogen-bond acceptors (Lipinski definition) is 4. The van der Waals surface area contributed by atoms with Gasteiger partial charge in [-0.25, -0.2) is 18.3 Å². The number of furan rings is 4. The van der Waals surface area contributed by atoms with E-state index in [0.29, 0.717) is 11.8 Å². The molecule has 0 atom stereocenters. The Morgan fingerprint density at radius 1 is 0.301 bits per heavy atom. The molecule has 8 heterocycles. The standard InChI is InChI=1S/C28H28NO.C27H26NO.C26H24NO.C24H20NO/c1-18-21(24-16-19(14-15-29(24)5)17-28(2,3)4)11-12-23-26-22-9-7-6-8-20(22)10-13-25(26)30-27(18)23;1-17(2)15-19-13-14-28(4)24(16-19)21-10-11-23-26-22-8-6-5-7-20(22)9-12-25(26)29-27(23)18(21)3;1-16(2)19-13-14-27(4)23(15-19)20-10-11-22-25-21-8-6-5-7-18(21)9-12-24(25)28-26(22)17(20)3;1-15-12-13-25(3)21(14-15)18-9-10-20-23-19-7-5-4-6-17(19)8-11-22(23)26-24(20)16(18)2/h6-16H,17H2,1-5H3;5-14,16-17H,15H2,1-4H3;5-16H,1-4H3;4-14H,1-3H3/q4*+1. The summed E-state index contributed by atoms with van der Waals surface area (Å²) in [6.07, 6.45) is 10.8. The normalized spacial score (nSPS) is 11.9. The van der Waals surface area contributed by atoms with Gasteiger partial charge in [0.25, 0.3) is 0 Å². The minimum Gasteiger partial charge on any atom is -0.456 e. The Morgan fingerprint density at radius 2 is 0.602 bits per heavy atom. The zero-order chi connectivity index (χ0) is 78.4. The molecule has 0 N–H and O–H groups in total. The largest absolute Gasteiger partial charge is 0.456 e. The molecular formula is C105H98N4O4+4. The molecule has 0 aliphatic rings. The highest BCUT2D eigenvalue weighted by Gasteiger charge is 2.26. The van der Waals surface area contributed by atoms with Gasteiger partial charge in [-0.15, -0.1) is 0 Å². The van der Waals surface area contributed by atoms with Crippen molar-refractivity contribution in [3.8, 4) is 45.0 Å². The van der Waals surface area contributed by atoms with Gasteiger partial charge in [-0.3, -0.25) is 0 Å². The van der Waals surface area contributed by atoms with E-state index in [1.54, 1.807) is 0 Å². The molecule has 8 heteroatoms. The highest BCUT2D eigenvalue weighted by molar-refractivity contribution is 6.23. The van der Waals surface area contributed by atoms with Gasteiger partial charge in [0.2, 0.25) is 22.8 Å². The van der Waals surface area contributed by atoms with Gasteiger partial charge in [0, 0.05) is 114 Å². The van der Waals surface area contributed by atoms with E-state index < -0.39 is 0 Å². The van der Waals surface area contributed by atoms with Crippen molar-refractivity contribution < 1.29 is 35.9 Å². The van der Waals surface area contributed by atoms with Crippen molar-refractivity contribution in [1.82, 2.24) is 0 Å². The topological polar surface area (TPSA) is 68.1 Å². The molecule has 0 radical (unpaired) electrons. The summed E-state index contributed by atoms with van der Waals surface area (Å²) in [5.41, 5.74) is 27.9. The van der Waals surface area contributed by atoms with Crippen LogP contribution in [0.4, 0.5) is 0 Å². The summed E-state index contributed by atoms with van der Waals surface area (Å²) in [6.45, 7) is 26.7. The van der Waals surface area contributed by atoms with E-state index in [1.165, 1.54) is 176 Å². The molecule has 0 saturated heterocycles. The summed E-state index contributed by atoms with van der Waals surface area (Å²) >= 11 is 0. The minimum atomic E-state index is 0.260. The van der Waals surface area contributed by atoms with Crippen molar-refractivity contribution in [1.29, 1.82) is 0 Å². The van der Waals surface area contributed by atoms with E-state index in [9.17, 15) is 0 Å². The lowest BCUT2D eigenvalue weighted by molar-refractivity contribution is -0.660. The predicted octanol–water partition coefficient (Wildman–Crippen LogP) is 26.4. The minimum absolute atomic E-state index is 0.260. The second-order valence-corrected chi connectivity index (χ2v) is 33.2. The number of aryl methyl sites for hydroxylation is 9. The van der Waals surface area contributed by atoms with E-state index in [1.807, 2.05) is 0 Å². The van der Waals surface area contributed by atoms with Gasteiger partial charge >= 0.3 is 0 Å². The molecule has 20 rings (SSSR count). The van der Waals surface area contributed by atoms with Crippen molar-refractivity contribution in [2.24, 2.45) is 39.5 Å². The number of nitrogens with zero attached hydrogens (tertiary/aromatic N) is 4. The lowest BCUT2D eigenvalue weighted by atomic mass is 9.88. The highest BCUT2D eigenvalue weighted by atomic mass is 16.3. The van der Waals surface area contributed by atoms with Crippen LogP contribution in [-0.2, 0) is 41.0 Å². The summed E-state index contributed by atoms with van der Waals surface area (Å²) in [5.74, 6) is 1.14. The van der Waals surface area contributed by atoms with E-state index >= 15 is 0 Å². The molecule has 20 aromatic rings. The van der Waals surface area contributed by atoms with E-state index in [0.717, 1.165) is 57.5 Å². The van der Waals surface area contributed by atoms with Crippen LogP contribution >= 0.6 is 0 Å². The SMILES string of the molecule is Cc1c(-c2cc(C(C)C)cc[n+]2C)ccc2c1oc1ccc3ccccc3c12.Cc1c(-c2cc(CC(C)(C)C)cc[n+]2C)ccc2c1oc1ccc3ccccc3c12.Cc1c(-c2cc(CC(C)C)cc[n+]2C)ccc2c1oc1ccc3ccccc3c12.Cc1cc[n+](C)c(-c2ccc3c(oc4ccc5ccccc5c43)c2C)c1. The van der Waals surface area contributed by atoms with Crippen LogP contribution in [0.3, 0.4) is 0 Å². The first-order valence-electron chi connectivity index (χ1n) is 39.8. The summed E-state index contributed by atoms with van der Waals surface area (Å²) in [5, 5.41) is 19.6. The van der Waals surface area contributed by atoms with Crippen molar-refractivity contribution >= 4 is 131 Å². The number of fused-ring (bicyclic) bond motifs is 20.